The Labute approximate surface area is 144 Å². The van der Waals surface area contributed by atoms with Gasteiger partial charge in [0.25, 0.3) is 0 Å². The van der Waals surface area contributed by atoms with Crippen molar-refractivity contribution in [1.82, 2.24) is 10.6 Å². The summed E-state index contributed by atoms with van der Waals surface area (Å²) in [6.45, 7) is 4.72. The van der Waals surface area contributed by atoms with Crippen molar-refractivity contribution in [3.05, 3.63) is 30.3 Å². The van der Waals surface area contributed by atoms with E-state index in [0.29, 0.717) is 18.9 Å². The van der Waals surface area contributed by atoms with Gasteiger partial charge in [-0.2, -0.15) is 0 Å². The first-order valence-electron chi connectivity index (χ1n) is 8.49. The Morgan fingerprint density at radius 2 is 2.08 bits per heavy atom. The van der Waals surface area contributed by atoms with Crippen LogP contribution in [0.4, 0.5) is 0 Å². The van der Waals surface area contributed by atoms with Crippen LogP contribution in [0.1, 0.15) is 19.8 Å². The third-order valence-corrected chi connectivity index (χ3v) is 5.64. The summed E-state index contributed by atoms with van der Waals surface area (Å²) in [5.74, 6) is 2.32. The Morgan fingerprint density at radius 3 is 2.75 bits per heavy atom. The highest BCUT2D eigenvalue weighted by molar-refractivity contribution is 7.91. The van der Waals surface area contributed by atoms with Crippen LogP contribution in [0.25, 0.3) is 0 Å². The van der Waals surface area contributed by atoms with Gasteiger partial charge in [0, 0.05) is 19.6 Å². The Bertz CT molecular complexity index is 617. The molecular weight excluding hydrogens is 326 g/mol. The first-order chi connectivity index (χ1) is 11.6. The molecule has 0 saturated carbocycles. The van der Waals surface area contributed by atoms with Gasteiger partial charge in [0.05, 0.1) is 18.1 Å². The second-order valence-electron chi connectivity index (χ2n) is 5.93. The van der Waals surface area contributed by atoms with Gasteiger partial charge in [0.15, 0.2) is 15.8 Å². The molecule has 0 spiro atoms. The minimum absolute atomic E-state index is 0.145. The number of para-hydroxylation sites is 1. The third kappa shape index (κ3) is 6.78. The predicted molar refractivity (Wildman–Crippen MR) is 97.3 cm³/mol. The molecule has 1 heterocycles. The summed E-state index contributed by atoms with van der Waals surface area (Å²) in [4.78, 5) is 4.51. The number of hydrogen-bond donors (Lipinski definition) is 2. The van der Waals surface area contributed by atoms with Crippen molar-refractivity contribution in [1.29, 1.82) is 0 Å². The monoisotopic (exact) mass is 353 g/mol. The number of benzene rings is 1. The minimum Gasteiger partial charge on any atom is -0.494 e. The molecule has 1 fully saturated rings. The van der Waals surface area contributed by atoms with E-state index in [1.54, 1.807) is 0 Å². The molecule has 1 unspecified atom stereocenters. The summed E-state index contributed by atoms with van der Waals surface area (Å²) in [5, 5.41) is 6.45. The third-order valence-electron chi connectivity index (χ3n) is 3.80. The number of rotatable bonds is 8. The molecule has 24 heavy (non-hydrogen) atoms. The molecular formula is C17H27N3O3S. The van der Waals surface area contributed by atoms with Crippen LogP contribution in [-0.4, -0.2) is 52.1 Å². The topological polar surface area (TPSA) is 79.8 Å². The van der Waals surface area contributed by atoms with Gasteiger partial charge in [-0.25, -0.2) is 8.42 Å². The second-order valence-corrected chi connectivity index (χ2v) is 8.16. The lowest BCUT2D eigenvalue weighted by atomic mass is 10.1. The molecule has 1 aromatic carbocycles. The zero-order chi connectivity index (χ0) is 17.3. The summed E-state index contributed by atoms with van der Waals surface area (Å²) in [7, 11) is -2.83. The number of hydrogen-bond acceptors (Lipinski definition) is 4. The van der Waals surface area contributed by atoms with E-state index in [-0.39, 0.29) is 11.7 Å². The summed E-state index contributed by atoms with van der Waals surface area (Å²) < 4.78 is 28.6. The molecule has 2 rings (SSSR count). The molecule has 1 saturated heterocycles. The van der Waals surface area contributed by atoms with E-state index in [2.05, 4.69) is 15.6 Å². The molecule has 0 aliphatic carbocycles. The van der Waals surface area contributed by atoms with Gasteiger partial charge in [0.2, 0.25) is 0 Å². The van der Waals surface area contributed by atoms with Crippen LogP contribution in [0.5, 0.6) is 5.75 Å². The smallest absolute Gasteiger partial charge is 0.191 e. The van der Waals surface area contributed by atoms with E-state index >= 15 is 0 Å². The van der Waals surface area contributed by atoms with Gasteiger partial charge >= 0.3 is 0 Å². The lowest BCUT2D eigenvalue weighted by molar-refractivity contribution is 0.311. The number of guanidine groups is 1. The molecule has 6 nitrogen and oxygen atoms in total. The van der Waals surface area contributed by atoms with Gasteiger partial charge < -0.3 is 15.4 Å². The van der Waals surface area contributed by atoms with Gasteiger partial charge in [-0.3, -0.25) is 4.99 Å². The lowest BCUT2D eigenvalue weighted by Gasteiger charge is -2.13. The maximum Gasteiger partial charge on any atom is 0.191 e. The van der Waals surface area contributed by atoms with Crippen LogP contribution < -0.4 is 15.4 Å². The first-order valence-corrected chi connectivity index (χ1v) is 10.3. The van der Waals surface area contributed by atoms with Gasteiger partial charge in [0.1, 0.15) is 5.75 Å². The summed E-state index contributed by atoms with van der Waals surface area (Å²) in [6, 6.07) is 9.74. The molecule has 1 aromatic rings. The fraction of sp³-hybridized carbons (Fsp3) is 0.588. The van der Waals surface area contributed by atoms with E-state index in [9.17, 15) is 8.42 Å². The Kier molecular flexibility index (Phi) is 7.36. The normalized spacial score (nSPS) is 19.9. The molecule has 0 radical (unpaired) electrons. The zero-order valence-electron chi connectivity index (χ0n) is 14.2. The van der Waals surface area contributed by atoms with Crippen molar-refractivity contribution in [2.75, 3.05) is 37.7 Å². The SMILES string of the molecule is CCNC(=NCC1CCS(=O)(=O)C1)NCCCOc1ccccc1. The van der Waals surface area contributed by atoms with Crippen LogP contribution in [0.2, 0.25) is 0 Å². The average Bonchev–Trinajstić information content (AvgIpc) is 2.92. The summed E-state index contributed by atoms with van der Waals surface area (Å²) in [6.07, 6.45) is 1.58. The molecule has 1 atom stereocenters. The molecule has 0 amide bonds. The fourth-order valence-electron chi connectivity index (χ4n) is 2.56. The van der Waals surface area contributed by atoms with Crippen LogP contribution in [0.15, 0.2) is 35.3 Å². The van der Waals surface area contributed by atoms with E-state index in [1.807, 2.05) is 37.3 Å². The van der Waals surface area contributed by atoms with Gasteiger partial charge in [-0.1, -0.05) is 18.2 Å². The maximum atomic E-state index is 11.5. The van der Waals surface area contributed by atoms with Gasteiger partial charge in [-0.15, -0.1) is 0 Å². The molecule has 134 valence electrons. The highest BCUT2D eigenvalue weighted by Crippen LogP contribution is 2.18. The highest BCUT2D eigenvalue weighted by Gasteiger charge is 2.27. The predicted octanol–water partition coefficient (Wildman–Crippen LogP) is 1.45. The molecule has 7 heteroatoms. The molecule has 1 aliphatic heterocycles. The van der Waals surface area contributed by atoms with Crippen molar-refractivity contribution in [3.63, 3.8) is 0 Å². The lowest BCUT2D eigenvalue weighted by Crippen LogP contribution is -2.38. The van der Waals surface area contributed by atoms with Crippen molar-refractivity contribution in [3.8, 4) is 5.75 Å². The van der Waals surface area contributed by atoms with E-state index in [0.717, 1.165) is 37.6 Å². The molecule has 2 N–H and O–H groups in total. The Balaban J connectivity index is 1.68. The van der Waals surface area contributed by atoms with Crippen LogP contribution in [0.3, 0.4) is 0 Å². The fourth-order valence-corrected chi connectivity index (χ4v) is 4.41. The van der Waals surface area contributed by atoms with E-state index in [4.69, 9.17) is 4.74 Å². The minimum atomic E-state index is -2.83. The van der Waals surface area contributed by atoms with Crippen LogP contribution in [-0.2, 0) is 9.84 Å². The largest absolute Gasteiger partial charge is 0.494 e. The summed E-state index contributed by atoms with van der Waals surface area (Å²) in [5.41, 5.74) is 0. The number of ether oxygens (including phenoxy) is 1. The van der Waals surface area contributed by atoms with E-state index in [1.165, 1.54) is 0 Å². The van der Waals surface area contributed by atoms with Crippen molar-refractivity contribution in [2.24, 2.45) is 10.9 Å². The zero-order valence-corrected chi connectivity index (χ0v) is 15.0. The summed E-state index contributed by atoms with van der Waals surface area (Å²) >= 11 is 0. The van der Waals surface area contributed by atoms with Gasteiger partial charge in [-0.05, 0) is 37.8 Å². The number of nitrogens with zero attached hydrogens (tertiary/aromatic N) is 1. The quantitative estimate of drug-likeness (QED) is 0.420. The van der Waals surface area contributed by atoms with Crippen LogP contribution in [0, 0.1) is 5.92 Å². The second kappa shape index (κ2) is 9.52. The van der Waals surface area contributed by atoms with Crippen molar-refractivity contribution >= 4 is 15.8 Å². The standard InChI is InChI=1S/C17H27N3O3S/c1-2-18-17(20-13-15-9-12-24(21,22)14-15)19-10-6-11-23-16-7-4-3-5-8-16/h3-5,7-8,15H,2,6,9-14H2,1H3,(H2,18,19,20). The van der Waals surface area contributed by atoms with Crippen molar-refractivity contribution in [2.45, 2.75) is 19.8 Å². The molecule has 1 aliphatic rings. The van der Waals surface area contributed by atoms with Crippen LogP contribution >= 0.6 is 0 Å². The van der Waals surface area contributed by atoms with E-state index < -0.39 is 9.84 Å². The Morgan fingerprint density at radius 1 is 1.29 bits per heavy atom. The number of aliphatic imine (C=N–C) groups is 1. The highest BCUT2D eigenvalue weighted by atomic mass is 32.2. The maximum absolute atomic E-state index is 11.5. The number of nitrogens with one attached hydrogen (secondary N) is 2. The average molecular weight is 353 g/mol. The number of sulfone groups is 1. The Hall–Kier alpha value is -1.76. The molecule has 0 aromatic heterocycles. The first kappa shape index (κ1) is 18.6. The molecule has 0 bridgehead atoms. The van der Waals surface area contributed by atoms with Crippen molar-refractivity contribution < 1.29 is 13.2 Å².